The first-order valence-electron chi connectivity index (χ1n) is 6.75. The van der Waals surface area contributed by atoms with Crippen molar-refractivity contribution < 1.29 is 0 Å². The van der Waals surface area contributed by atoms with Crippen LogP contribution in [0.4, 0.5) is 0 Å². The molecule has 1 N–H and O–H groups in total. The number of H-pyrrole nitrogens is 1. The lowest BCUT2D eigenvalue weighted by molar-refractivity contribution is 0.157. The predicted molar refractivity (Wildman–Crippen MR) is 78.1 cm³/mol. The largest absolute Gasteiger partial charge is 0.349 e. The fraction of sp³-hybridized carbons (Fsp3) is 0.467. The molecule has 3 heteroatoms. The zero-order chi connectivity index (χ0) is 12.3. The molecule has 2 aliphatic rings. The summed E-state index contributed by atoms with van der Waals surface area (Å²) in [7, 11) is 2.28. The lowest BCUT2D eigenvalue weighted by atomic mass is 9.75. The Balaban J connectivity index is 1.98. The quantitative estimate of drug-likeness (QED) is 0.787. The number of rotatable bonds is 0. The van der Waals surface area contributed by atoms with E-state index in [4.69, 9.17) is 0 Å². The van der Waals surface area contributed by atoms with Crippen LogP contribution in [-0.2, 0) is 6.42 Å². The van der Waals surface area contributed by atoms with Gasteiger partial charge in [-0.25, -0.2) is 0 Å². The van der Waals surface area contributed by atoms with Gasteiger partial charge in [-0.2, -0.15) is 0 Å². The second kappa shape index (κ2) is 3.84. The number of aromatic amines is 1. The lowest BCUT2D eigenvalue weighted by Crippen LogP contribution is -2.44. The van der Waals surface area contributed by atoms with Gasteiger partial charge in [-0.15, -0.1) is 0 Å². The van der Waals surface area contributed by atoms with E-state index in [0.717, 1.165) is 5.92 Å². The second-order valence-corrected chi connectivity index (χ2v) is 6.48. The molecule has 4 rings (SSSR count). The summed E-state index contributed by atoms with van der Waals surface area (Å²) in [6.45, 7) is 1.24. The van der Waals surface area contributed by atoms with Gasteiger partial charge in [-0.05, 0) is 66.0 Å². The van der Waals surface area contributed by atoms with Crippen LogP contribution in [0.2, 0.25) is 0 Å². The van der Waals surface area contributed by atoms with Gasteiger partial charge < -0.3 is 9.88 Å². The molecular weight excluding hydrogens is 288 g/mol. The van der Waals surface area contributed by atoms with Gasteiger partial charge in [0.15, 0.2) is 0 Å². The molecule has 0 radical (unpaired) electrons. The first-order valence-corrected chi connectivity index (χ1v) is 7.54. The van der Waals surface area contributed by atoms with Gasteiger partial charge in [0.1, 0.15) is 0 Å². The van der Waals surface area contributed by atoms with Crippen molar-refractivity contribution in [3.05, 3.63) is 33.9 Å². The molecule has 1 aromatic carbocycles. The molecule has 0 bridgehead atoms. The number of aromatic nitrogens is 1. The first kappa shape index (κ1) is 11.1. The Labute approximate surface area is 115 Å². The Morgan fingerprint density at radius 3 is 3.17 bits per heavy atom. The van der Waals surface area contributed by atoms with E-state index >= 15 is 0 Å². The minimum atomic E-state index is 0.684. The van der Waals surface area contributed by atoms with Crippen molar-refractivity contribution in [3.63, 3.8) is 0 Å². The lowest BCUT2D eigenvalue weighted by Gasteiger charge is -2.42. The van der Waals surface area contributed by atoms with Gasteiger partial charge in [0.2, 0.25) is 0 Å². The summed E-state index contributed by atoms with van der Waals surface area (Å²) in [6, 6.07) is 7.41. The maximum Gasteiger partial charge on any atom is 0.0864 e. The van der Waals surface area contributed by atoms with Crippen molar-refractivity contribution in [1.29, 1.82) is 0 Å². The maximum atomic E-state index is 3.70. The highest BCUT2D eigenvalue weighted by Crippen LogP contribution is 2.44. The number of nitrogens with zero attached hydrogens (tertiary/aromatic N) is 1. The predicted octanol–water partition coefficient (Wildman–Crippen LogP) is 3.66. The Bertz CT molecular complexity index is 616. The fourth-order valence-corrected chi connectivity index (χ4v) is 4.48. The third-order valence-electron chi connectivity index (χ3n) is 4.78. The van der Waals surface area contributed by atoms with E-state index in [-0.39, 0.29) is 0 Å². The number of likely N-dealkylation sites (tertiary alicyclic amines) is 1. The summed E-state index contributed by atoms with van der Waals surface area (Å²) < 4.78 is 1.18. The van der Waals surface area contributed by atoms with Crippen molar-refractivity contribution in [2.75, 3.05) is 13.6 Å². The van der Waals surface area contributed by atoms with Gasteiger partial charge in [0.05, 0.1) is 4.60 Å². The van der Waals surface area contributed by atoms with E-state index < -0.39 is 0 Å². The van der Waals surface area contributed by atoms with Gasteiger partial charge in [-0.1, -0.05) is 12.1 Å². The molecule has 1 fully saturated rings. The SMILES string of the molecule is CN1CCC[C@@H]2c3cccc4[nH]c(Br)c(c34)C[C@H]21. The first-order chi connectivity index (χ1) is 8.75. The van der Waals surface area contributed by atoms with Crippen LogP contribution in [0.25, 0.3) is 10.9 Å². The molecule has 1 aliphatic heterocycles. The molecule has 0 amide bonds. The minimum absolute atomic E-state index is 0.684. The van der Waals surface area contributed by atoms with Crippen LogP contribution in [0.5, 0.6) is 0 Å². The van der Waals surface area contributed by atoms with Gasteiger partial charge in [0, 0.05) is 22.9 Å². The molecule has 2 aromatic rings. The average Bonchev–Trinajstić information content (AvgIpc) is 2.69. The Kier molecular flexibility index (Phi) is 2.36. The summed E-state index contributed by atoms with van der Waals surface area (Å²) in [5.74, 6) is 0.725. The number of halogens is 1. The van der Waals surface area contributed by atoms with Crippen molar-refractivity contribution in [2.24, 2.45) is 0 Å². The van der Waals surface area contributed by atoms with E-state index in [1.807, 2.05) is 0 Å². The number of fused-ring (bicyclic) bond motifs is 2. The van der Waals surface area contributed by atoms with Gasteiger partial charge >= 0.3 is 0 Å². The molecule has 18 heavy (non-hydrogen) atoms. The van der Waals surface area contributed by atoms with E-state index in [2.05, 4.69) is 51.1 Å². The average molecular weight is 305 g/mol. The van der Waals surface area contributed by atoms with E-state index in [1.54, 1.807) is 5.56 Å². The summed E-state index contributed by atoms with van der Waals surface area (Å²) in [5.41, 5.74) is 4.34. The molecule has 0 saturated carbocycles. The summed E-state index contributed by atoms with van der Waals surface area (Å²) in [6.07, 6.45) is 3.85. The van der Waals surface area contributed by atoms with Crippen molar-refractivity contribution in [2.45, 2.75) is 31.2 Å². The summed E-state index contributed by atoms with van der Waals surface area (Å²) in [4.78, 5) is 6.03. The molecule has 94 valence electrons. The van der Waals surface area contributed by atoms with Crippen LogP contribution in [0.3, 0.4) is 0 Å². The third-order valence-corrected chi connectivity index (χ3v) is 5.45. The highest BCUT2D eigenvalue weighted by molar-refractivity contribution is 9.10. The number of benzene rings is 1. The highest BCUT2D eigenvalue weighted by Gasteiger charge is 2.36. The molecule has 0 spiro atoms. The summed E-state index contributed by atoms with van der Waals surface area (Å²) >= 11 is 3.70. The van der Waals surface area contributed by atoms with Crippen LogP contribution in [-0.4, -0.2) is 29.5 Å². The number of likely N-dealkylation sites (N-methyl/N-ethyl adjacent to an activating group) is 1. The van der Waals surface area contributed by atoms with Crippen molar-refractivity contribution >= 4 is 26.8 Å². The Morgan fingerprint density at radius 1 is 1.39 bits per heavy atom. The normalized spacial score (nSPS) is 27.4. The number of nitrogens with one attached hydrogen (secondary N) is 1. The minimum Gasteiger partial charge on any atom is -0.349 e. The molecule has 1 saturated heterocycles. The number of piperidine rings is 1. The molecule has 1 aromatic heterocycles. The van der Waals surface area contributed by atoms with E-state index in [1.165, 1.54) is 46.9 Å². The molecule has 2 nitrogen and oxygen atoms in total. The summed E-state index contributed by atoms with van der Waals surface area (Å²) in [5, 5.41) is 1.49. The van der Waals surface area contributed by atoms with Crippen LogP contribution in [0.1, 0.15) is 29.9 Å². The molecular formula is C15H17BrN2. The smallest absolute Gasteiger partial charge is 0.0864 e. The standard InChI is InChI=1S/C15H17BrN2/c1-18-7-3-5-9-10-4-2-6-12-14(10)11(8-13(9)18)15(16)17-12/h2,4,6,9,13,17H,3,5,7-8H2,1H3/t9-,13-/m1/s1. The third kappa shape index (κ3) is 1.38. The molecule has 2 heterocycles. The number of hydrogen-bond acceptors (Lipinski definition) is 1. The highest BCUT2D eigenvalue weighted by atomic mass is 79.9. The Hall–Kier alpha value is -0.800. The zero-order valence-corrected chi connectivity index (χ0v) is 12.1. The fourth-order valence-electron chi connectivity index (χ4n) is 3.91. The molecule has 0 unspecified atom stereocenters. The maximum absolute atomic E-state index is 3.70. The van der Waals surface area contributed by atoms with Crippen LogP contribution >= 0.6 is 15.9 Å². The molecule has 2 atom stereocenters. The van der Waals surface area contributed by atoms with E-state index in [0.29, 0.717) is 6.04 Å². The van der Waals surface area contributed by atoms with Gasteiger partial charge in [0.25, 0.3) is 0 Å². The van der Waals surface area contributed by atoms with Crippen LogP contribution in [0, 0.1) is 0 Å². The Morgan fingerprint density at radius 2 is 2.28 bits per heavy atom. The topological polar surface area (TPSA) is 19.0 Å². The van der Waals surface area contributed by atoms with Crippen molar-refractivity contribution in [3.8, 4) is 0 Å². The monoisotopic (exact) mass is 304 g/mol. The van der Waals surface area contributed by atoms with Crippen molar-refractivity contribution in [1.82, 2.24) is 9.88 Å². The van der Waals surface area contributed by atoms with Crippen LogP contribution < -0.4 is 0 Å². The molecule has 1 aliphatic carbocycles. The van der Waals surface area contributed by atoms with Gasteiger partial charge in [-0.3, -0.25) is 0 Å². The van der Waals surface area contributed by atoms with E-state index in [9.17, 15) is 0 Å². The number of hydrogen-bond donors (Lipinski definition) is 1. The second-order valence-electron chi connectivity index (χ2n) is 5.69. The zero-order valence-electron chi connectivity index (χ0n) is 10.5. The van der Waals surface area contributed by atoms with Crippen LogP contribution in [0.15, 0.2) is 22.8 Å².